The van der Waals surface area contributed by atoms with Gasteiger partial charge in [0.1, 0.15) is 5.69 Å². The molecule has 3 rings (SSSR count). The molecule has 1 aliphatic rings. The van der Waals surface area contributed by atoms with E-state index in [2.05, 4.69) is 48.5 Å². The van der Waals surface area contributed by atoms with Gasteiger partial charge in [-0.15, -0.1) is 0 Å². The molecule has 1 aromatic carbocycles. The lowest BCUT2D eigenvalue weighted by molar-refractivity contribution is -0.703. The van der Waals surface area contributed by atoms with E-state index in [0.717, 1.165) is 13.0 Å². The molecule has 19 heavy (non-hydrogen) atoms. The Labute approximate surface area is 114 Å². The van der Waals surface area contributed by atoms with E-state index in [1.165, 1.54) is 47.5 Å². The molecule has 100 valence electrons. The van der Waals surface area contributed by atoms with Crippen molar-refractivity contribution in [2.24, 2.45) is 0 Å². The van der Waals surface area contributed by atoms with Gasteiger partial charge < -0.3 is 0 Å². The van der Waals surface area contributed by atoms with E-state index in [9.17, 15) is 0 Å². The Kier molecular flexibility index (Phi) is 3.13. The summed E-state index contributed by atoms with van der Waals surface area (Å²) >= 11 is 0. The summed E-state index contributed by atoms with van der Waals surface area (Å²) in [6, 6.07) is 4.47. The molecule has 0 aliphatic carbocycles. The molecule has 0 unspecified atom stereocenters. The number of rotatable bonds is 1. The van der Waals surface area contributed by atoms with Gasteiger partial charge in [-0.05, 0) is 51.2 Å². The van der Waals surface area contributed by atoms with E-state index in [4.69, 9.17) is 5.10 Å². The maximum atomic E-state index is 4.81. The third-order valence-corrected chi connectivity index (χ3v) is 3.97. The number of hydrogen-bond acceptors (Lipinski definition) is 1. The monoisotopic (exact) mass is 256 g/mol. The molecule has 0 bridgehead atoms. The fraction of sp³-hybridized carbons (Fsp3) is 0.500. The first kappa shape index (κ1) is 12.4. The standard InChI is InChI=1S/C16H22N3/c1-12-9-13(2)16(14(3)10-12)19-11-18-8-6-4-5-7-15(18)17-19/h9-11H,4-8H2,1-3H3/q+1. The first-order valence-electron chi connectivity index (χ1n) is 7.21. The number of aromatic nitrogens is 3. The smallest absolute Gasteiger partial charge is 0.234 e. The van der Waals surface area contributed by atoms with E-state index in [1.54, 1.807) is 0 Å². The van der Waals surface area contributed by atoms with Gasteiger partial charge in [0.15, 0.2) is 0 Å². The topological polar surface area (TPSA) is 21.7 Å². The molecule has 0 spiro atoms. The predicted octanol–water partition coefficient (Wildman–Crippen LogP) is 2.81. The summed E-state index contributed by atoms with van der Waals surface area (Å²) in [6.45, 7) is 7.61. The molecular formula is C16H22N3+. The molecule has 0 radical (unpaired) electrons. The second-order valence-electron chi connectivity index (χ2n) is 5.73. The van der Waals surface area contributed by atoms with E-state index in [-0.39, 0.29) is 0 Å². The van der Waals surface area contributed by atoms with Gasteiger partial charge in [-0.3, -0.25) is 0 Å². The molecule has 0 N–H and O–H groups in total. The van der Waals surface area contributed by atoms with Crippen molar-refractivity contribution in [2.75, 3.05) is 0 Å². The Hall–Kier alpha value is -1.64. The average Bonchev–Trinajstić information content (AvgIpc) is 2.58. The van der Waals surface area contributed by atoms with Crippen LogP contribution in [0.1, 0.15) is 41.8 Å². The first-order chi connectivity index (χ1) is 9.15. The first-order valence-corrected chi connectivity index (χ1v) is 7.21. The molecular weight excluding hydrogens is 234 g/mol. The van der Waals surface area contributed by atoms with Gasteiger partial charge >= 0.3 is 0 Å². The Bertz CT molecular complexity index is 564. The lowest BCUT2D eigenvalue weighted by Gasteiger charge is -2.05. The quantitative estimate of drug-likeness (QED) is 0.719. The third-order valence-electron chi connectivity index (χ3n) is 3.97. The normalized spacial score (nSPS) is 15.1. The van der Waals surface area contributed by atoms with Crippen LogP contribution in [0.2, 0.25) is 0 Å². The van der Waals surface area contributed by atoms with E-state index in [1.807, 2.05) is 0 Å². The van der Waals surface area contributed by atoms with E-state index >= 15 is 0 Å². The van der Waals surface area contributed by atoms with Crippen molar-refractivity contribution < 1.29 is 4.57 Å². The summed E-state index contributed by atoms with van der Waals surface area (Å²) in [5.41, 5.74) is 5.16. The number of benzene rings is 1. The van der Waals surface area contributed by atoms with Crippen LogP contribution in [-0.2, 0) is 13.0 Å². The third kappa shape index (κ3) is 2.29. The van der Waals surface area contributed by atoms with Gasteiger partial charge in [-0.2, -0.15) is 0 Å². The molecule has 0 amide bonds. The SMILES string of the molecule is Cc1cc(C)c(-n2c[n+]3c(n2)CCCCC3)c(C)c1. The van der Waals surface area contributed by atoms with Crippen molar-refractivity contribution in [1.29, 1.82) is 0 Å². The number of nitrogens with zero attached hydrogens (tertiary/aromatic N) is 3. The molecule has 3 nitrogen and oxygen atoms in total. The molecule has 1 aromatic heterocycles. The van der Waals surface area contributed by atoms with Crippen LogP contribution in [0.15, 0.2) is 18.5 Å². The lowest BCUT2D eigenvalue weighted by atomic mass is 10.1. The largest absolute Gasteiger partial charge is 0.277 e. The molecule has 0 saturated carbocycles. The number of fused-ring (bicyclic) bond motifs is 1. The molecule has 0 fully saturated rings. The highest BCUT2D eigenvalue weighted by Crippen LogP contribution is 2.20. The second-order valence-corrected chi connectivity index (χ2v) is 5.73. The Morgan fingerprint density at radius 2 is 1.79 bits per heavy atom. The zero-order chi connectivity index (χ0) is 13.4. The number of hydrogen-bond donors (Lipinski definition) is 0. The van der Waals surface area contributed by atoms with Crippen LogP contribution in [-0.4, -0.2) is 9.78 Å². The van der Waals surface area contributed by atoms with Gasteiger partial charge in [0, 0.05) is 11.5 Å². The molecule has 0 saturated heterocycles. The highest BCUT2D eigenvalue weighted by Gasteiger charge is 2.22. The van der Waals surface area contributed by atoms with Crippen molar-refractivity contribution in [3.63, 3.8) is 0 Å². The molecule has 2 heterocycles. The van der Waals surface area contributed by atoms with Crippen LogP contribution < -0.4 is 4.57 Å². The summed E-state index contributed by atoms with van der Waals surface area (Å²) in [7, 11) is 0. The lowest BCUT2D eigenvalue weighted by Crippen LogP contribution is -2.34. The summed E-state index contributed by atoms with van der Waals surface area (Å²) < 4.78 is 4.40. The van der Waals surface area contributed by atoms with E-state index < -0.39 is 0 Å². The molecule has 3 heteroatoms. The van der Waals surface area contributed by atoms with Gasteiger partial charge in [0.2, 0.25) is 6.33 Å². The maximum Gasteiger partial charge on any atom is 0.277 e. The van der Waals surface area contributed by atoms with Crippen LogP contribution in [0, 0.1) is 20.8 Å². The maximum absolute atomic E-state index is 4.81. The van der Waals surface area contributed by atoms with Crippen LogP contribution in [0.3, 0.4) is 0 Å². The van der Waals surface area contributed by atoms with Gasteiger partial charge in [-0.25, -0.2) is 4.57 Å². The zero-order valence-electron chi connectivity index (χ0n) is 12.1. The molecule has 0 atom stereocenters. The Morgan fingerprint density at radius 3 is 2.53 bits per heavy atom. The van der Waals surface area contributed by atoms with Gasteiger partial charge in [0.05, 0.1) is 6.54 Å². The Balaban J connectivity index is 2.08. The minimum atomic E-state index is 1.11. The van der Waals surface area contributed by atoms with Crippen LogP contribution in [0.25, 0.3) is 5.69 Å². The second kappa shape index (κ2) is 4.80. The van der Waals surface area contributed by atoms with E-state index in [0.29, 0.717) is 0 Å². The summed E-state index contributed by atoms with van der Waals surface area (Å²) in [4.78, 5) is 0. The van der Waals surface area contributed by atoms with Crippen molar-refractivity contribution >= 4 is 0 Å². The fourth-order valence-corrected chi connectivity index (χ4v) is 3.17. The van der Waals surface area contributed by atoms with Crippen LogP contribution >= 0.6 is 0 Å². The summed E-state index contributed by atoms with van der Waals surface area (Å²) in [5, 5.41) is 4.81. The zero-order valence-corrected chi connectivity index (χ0v) is 12.1. The van der Waals surface area contributed by atoms with Crippen molar-refractivity contribution in [3.05, 3.63) is 41.0 Å². The number of aryl methyl sites for hydroxylation is 5. The van der Waals surface area contributed by atoms with Crippen LogP contribution in [0.4, 0.5) is 0 Å². The Morgan fingerprint density at radius 1 is 1.05 bits per heavy atom. The van der Waals surface area contributed by atoms with Gasteiger partial charge in [-0.1, -0.05) is 22.4 Å². The highest BCUT2D eigenvalue weighted by molar-refractivity contribution is 5.48. The van der Waals surface area contributed by atoms with Gasteiger partial charge in [0.25, 0.3) is 5.82 Å². The highest BCUT2D eigenvalue weighted by atomic mass is 15.4. The van der Waals surface area contributed by atoms with Crippen molar-refractivity contribution in [3.8, 4) is 5.69 Å². The minimum absolute atomic E-state index is 1.11. The molecule has 1 aliphatic heterocycles. The molecule has 2 aromatic rings. The van der Waals surface area contributed by atoms with Crippen LogP contribution in [0.5, 0.6) is 0 Å². The van der Waals surface area contributed by atoms with Crippen molar-refractivity contribution in [1.82, 2.24) is 9.78 Å². The predicted molar refractivity (Wildman–Crippen MR) is 75.5 cm³/mol. The minimum Gasteiger partial charge on any atom is -0.234 e. The van der Waals surface area contributed by atoms with Crippen molar-refractivity contribution in [2.45, 2.75) is 53.0 Å². The summed E-state index contributed by atoms with van der Waals surface area (Å²) in [5.74, 6) is 1.23. The fourth-order valence-electron chi connectivity index (χ4n) is 3.17. The average molecular weight is 256 g/mol. The summed E-state index contributed by atoms with van der Waals surface area (Å²) in [6.07, 6.45) is 7.15.